The highest BCUT2D eigenvalue weighted by molar-refractivity contribution is 6.30. The second kappa shape index (κ2) is 5.28. The number of rotatable bonds is 3. The molecule has 0 aliphatic heterocycles. The second-order valence-electron chi connectivity index (χ2n) is 4.11. The Bertz CT molecular complexity index is 643. The first kappa shape index (κ1) is 13.4. The van der Waals surface area contributed by atoms with Gasteiger partial charge in [-0.05, 0) is 37.3 Å². The van der Waals surface area contributed by atoms with E-state index >= 15 is 0 Å². The van der Waals surface area contributed by atoms with Crippen molar-refractivity contribution in [2.24, 2.45) is 0 Å². The van der Waals surface area contributed by atoms with Crippen molar-refractivity contribution in [3.05, 3.63) is 58.4 Å². The Labute approximate surface area is 114 Å². The molecule has 2 aromatic rings. The molecule has 0 saturated heterocycles. The predicted octanol–water partition coefficient (Wildman–Crippen LogP) is 4.23. The summed E-state index contributed by atoms with van der Waals surface area (Å²) in [4.78, 5) is 11.2. The SMILES string of the molecule is Cc1ccc(Nc2ccc(Cl)c(F)c2)c(C(=O)O)c1. The molecule has 0 heterocycles. The van der Waals surface area contributed by atoms with Gasteiger partial charge in [0.05, 0.1) is 16.3 Å². The minimum absolute atomic E-state index is 0.0212. The van der Waals surface area contributed by atoms with Crippen LogP contribution < -0.4 is 5.32 Å². The summed E-state index contributed by atoms with van der Waals surface area (Å²) in [6, 6.07) is 9.18. The van der Waals surface area contributed by atoms with Crippen molar-refractivity contribution in [2.45, 2.75) is 6.92 Å². The molecule has 19 heavy (non-hydrogen) atoms. The quantitative estimate of drug-likeness (QED) is 0.884. The van der Waals surface area contributed by atoms with Crippen molar-refractivity contribution in [2.75, 3.05) is 5.32 Å². The molecule has 0 atom stereocenters. The van der Waals surface area contributed by atoms with E-state index in [9.17, 15) is 9.18 Å². The normalized spacial score (nSPS) is 10.3. The standard InChI is InChI=1S/C14H11ClFNO2/c1-8-2-5-13(10(6-8)14(18)19)17-9-3-4-11(15)12(16)7-9/h2-7,17H,1H3,(H,18,19). The fourth-order valence-electron chi connectivity index (χ4n) is 1.67. The van der Waals surface area contributed by atoms with Gasteiger partial charge in [-0.25, -0.2) is 9.18 Å². The first-order valence-corrected chi connectivity index (χ1v) is 5.91. The third-order valence-corrected chi connectivity index (χ3v) is 2.91. The average Bonchev–Trinajstić information content (AvgIpc) is 2.36. The number of carbonyl (C=O) groups is 1. The van der Waals surface area contributed by atoms with Crippen molar-refractivity contribution >= 4 is 28.9 Å². The van der Waals surface area contributed by atoms with Crippen molar-refractivity contribution < 1.29 is 14.3 Å². The van der Waals surface area contributed by atoms with Crippen LogP contribution in [0.25, 0.3) is 0 Å². The summed E-state index contributed by atoms with van der Waals surface area (Å²) in [5, 5.41) is 12.0. The molecule has 0 fully saturated rings. The predicted molar refractivity (Wildman–Crippen MR) is 72.8 cm³/mol. The molecule has 2 N–H and O–H groups in total. The summed E-state index contributed by atoms with van der Waals surface area (Å²) in [6.07, 6.45) is 0. The minimum Gasteiger partial charge on any atom is -0.478 e. The number of hydrogen-bond donors (Lipinski definition) is 2. The Morgan fingerprint density at radius 3 is 2.63 bits per heavy atom. The number of carboxylic acid groups (broad SMARTS) is 1. The van der Waals surface area contributed by atoms with E-state index in [-0.39, 0.29) is 10.6 Å². The lowest BCUT2D eigenvalue weighted by Gasteiger charge is -2.10. The molecular weight excluding hydrogens is 269 g/mol. The lowest BCUT2D eigenvalue weighted by Crippen LogP contribution is -2.03. The van der Waals surface area contributed by atoms with E-state index in [0.717, 1.165) is 5.56 Å². The Hall–Kier alpha value is -2.07. The van der Waals surface area contributed by atoms with Gasteiger partial charge in [0.15, 0.2) is 0 Å². The van der Waals surface area contributed by atoms with Gasteiger partial charge in [0.25, 0.3) is 0 Å². The molecule has 0 amide bonds. The van der Waals surface area contributed by atoms with Crippen LogP contribution in [0.15, 0.2) is 36.4 Å². The molecular formula is C14H11ClFNO2. The summed E-state index contributed by atoms with van der Waals surface area (Å²) in [5.74, 6) is -1.60. The monoisotopic (exact) mass is 279 g/mol. The zero-order valence-electron chi connectivity index (χ0n) is 10.1. The zero-order valence-corrected chi connectivity index (χ0v) is 10.8. The lowest BCUT2D eigenvalue weighted by atomic mass is 10.1. The van der Waals surface area contributed by atoms with Gasteiger partial charge in [-0.15, -0.1) is 0 Å². The van der Waals surface area contributed by atoms with Gasteiger partial charge in [0.1, 0.15) is 5.82 Å². The van der Waals surface area contributed by atoms with Crippen molar-refractivity contribution in [3.8, 4) is 0 Å². The van der Waals surface area contributed by atoms with Crippen LogP contribution in [0.4, 0.5) is 15.8 Å². The van der Waals surface area contributed by atoms with Crippen LogP contribution in [0, 0.1) is 12.7 Å². The molecule has 0 spiro atoms. The molecule has 0 unspecified atom stereocenters. The Morgan fingerprint density at radius 1 is 1.26 bits per heavy atom. The highest BCUT2D eigenvalue weighted by Crippen LogP contribution is 2.25. The maximum Gasteiger partial charge on any atom is 0.337 e. The van der Waals surface area contributed by atoms with Gasteiger partial charge in [0.2, 0.25) is 0 Å². The van der Waals surface area contributed by atoms with Crippen LogP contribution in [0.5, 0.6) is 0 Å². The van der Waals surface area contributed by atoms with Crippen LogP contribution >= 0.6 is 11.6 Å². The molecule has 2 aromatic carbocycles. The maximum atomic E-state index is 13.3. The minimum atomic E-state index is -1.04. The van der Waals surface area contributed by atoms with Crippen molar-refractivity contribution in [1.29, 1.82) is 0 Å². The third-order valence-electron chi connectivity index (χ3n) is 2.60. The molecule has 5 heteroatoms. The van der Waals surface area contributed by atoms with E-state index in [1.807, 2.05) is 0 Å². The fourth-order valence-corrected chi connectivity index (χ4v) is 1.79. The van der Waals surface area contributed by atoms with E-state index in [1.165, 1.54) is 12.1 Å². The number of anilines is 2. The molecule has 98 valence electrons. The average molecular weight is 280 g/mol. The molecule has 2 rings (SSSR count). The molecule has 3 nitrogen and oxygen atoms in total. The van der Waals surface area contributed by atoms with Crippen LogP contribution in [0.2, 0.25) is 5.02 Å². The van der Waals surface area contributed by atoms with Gasteiger partial charge in [-0.2, -0.15) is 0 Å². The van der Waals surface area contributed by atoms with Crippen LogP contribution in [0.1, 0.15) is 15.9 Å². The van der Waals surface area contributed by atoms with E-state index < -0.39 is 11.8 Å². The smallest absolute Gasteiger partial charge is 0.337 e. The van der Waals surface area contributed by atoms with Gasteiger partial charge in [-0.1, -0.05) is 23.2 Å². The fraction of sp³-hybridized carbons (Fsp3) is 0.0714. The summed E-state index contributed by atoms with van der Waals surface area (Å²) >= 11 is 5.59. The molecule has 0 aromatic heterocycles. The van der Waals surface area contributed by atoms with Gasteiger partial charge < -0.3 is 10.4 Å². The van der Waals surface area contributed by atoms with Crippen LogP contribution in [-0.4, -0.2) is 11.1 Å². The number of aryl methyl sites for hydroxylation is 1. The number of carboxylic acids is 1. The molecule has 0 aliphatic carbocycles. The van der Waals surface area contributed by atoms with Crippen LogP contribution in [0.3, 0.4) is 0 Å². The molecule has 0 radical (unpaired) electrons. The highest BCUT2D eigenvalue weighted by atomic mass is 35.5. The summed E-state index contributed by atoms with van der Waals surface area (Å²) in [6.45, 7) is 1.80. The summed E-state index contributed by atoms with van der Waals surface area (Å²) in [5.41, 5.74) is 1.81. The van der Waals surface area contributed by atoms with Gasteiger partial charge >= 0.3 is 5.97 Å². The van der Waals surface area contributed by atoms with E-state index in [0.29, 0.717) is 11.4 Å². The van der Waals surface area contributed by atoms with Gasteiger partial charge in [-0.3, -0.25) is 0 Å². The second-order valence-corrected chi connectivity index (χ2v) is 4.52. The molecule has 0 saturated carbocycles. The first-order valence-electron chi connectivity index (χ1n) is 5.53. The number of hydrogen-bond acceptors (Lipinski definition) is 2. The number of benzene rings is 2. The lowest BCUT2D eigenvalue weighted by molar-refractivity contribution is 0.0698. The Kier molecular flexibility index (Phi) is 3.71. The largest absolute Gasteiger partial charge is 0.478 e. The topological polar surface area (TPSA) is 49.3 Å². The summed E-state index contributed by atoms with van der Waals surface area (Å²) in [7, 11) is 0. The number of aromatic carboxylic acids is 1. The van der Waals surface area contributed by atoms with Crippen molar-refractivity contribution in [1.82, 2.24) is 0 Å². The Morgan fingerprint density at radius 2 is 2.00 bits per heavy atom. The zero-order chi connectivity index (χ0) is 14.0. The van der Waals surface area contributed by atoms with Gasteiger partial charge in [0, 0.05) is 5.69 Å². The molecule has 0 aliphatic rings. The Balaban J connectivity index is 2.37. The number of nitrogens with one attached hydrogen (secondary N) is 1. The molecule has 0 bridgehead atoms. The van der Waals surface area contributed by atoms with E-state index in [4.69, 9.17) is 16.7 Å². The van der Waals surface area contributed by atoms with E-state index in [1.54, 1.807) is 31.2 Å². The maximum absolute atomic E-state index is 13.3. The number of halogens is 2. The highest BCUT2D eigenvalue weighted by Gasteiger charge is 2.11. The first-order chi connectivity index (χ1) is 8.97. The summed E-state index contributed by atoms with van der Waals surface area (Å²) < 4.78 is 13.3. The third kappa shape index (κ3) is 3.03. The van der Waals surface area contributed by atoms with E-state index in [2.05, 4.69) is 5.32 Å². The van der Waals surface area contributed by atoms with Crippen LogP contribution in [-0.2, 0) is 0 Å². The van der Waals surface area contributed by atoms with Crippen molar-refractivity contribution in [3.63, 3.8) is 0 Å².